The molecular formula is C14H13NO3S. The van der Waals surface area contributed by atoms with Crippen LogP contribution in [-0.4, -0.2) is 17.0 Å². The lowest BCUT2D eigenvalue weighted by atomic mass is 10.1. The van der Waals surface area contributed by atoms with E-state index >= 15 is 0 Å². The second-order valence-corrected chi connectivity index (χ2v) is 5.33. The monoisotopic (exact) mass is 275 g/mol. The SMILES string of the molecule is Cc1ccc(C(=O)Nc2ccc(C(=O)O)s2)c(C)c1. The summed E-state index contributed by atoms with van der Waals surface area (Å²) < 4.78 is 0. The van der Waals surface area contributed by atoms with E-state index in [0.29, 0.717) is 10.6 Å². The largest absolute Gasteiger partial charge is 0.477 e. The zero-order valence-electron chi connectivity index (χ0n) is 10.6. The topological polar surface area (TPSA) is 66.4 Å². The number of nitrogens with one attached hydrogen (secondary N) is 1. The van der Waals surface area contributed by atoms with Crippen LogP contribution < -0.4 is 5.32 Å². The molecule has 0 bridgehead atoms. The summed E-state index contributed by atoms with van der Waals surface area (Å²) in [4.78, 5) is 23.0. The van der Waals surface area contributed by atoms with Gasteiger partial charge < -0.3 is 10.4 Å². The summed E-state index contributed by atoms with van der Waals surface area (Å²) in [5.41, 5.74) is 2.58. The van der Waals surface area contributed by atoms with Gasteiger partial charge >= 0.3 is 5.97 Å². The summed E-state index contributed by atoms with van der Waals surface area (Å²) in [5.74, 6) is -1.21. The van der Waals surface area contributed by atoms with Crippen molar-refractivity contribution in [1.29, 1.82) is 0 Å². The van der Waals surface area contributed by atoms with Gasteiger partial charge in [0.1, 0.15) is 4.88 Å². The number of carboxylic acid groups (broad SMARTS) is 1. The molecule has 0 saturated carbocycles. The molecule has 2 aromatic rings. The van der Waals surface area contributed by atoms with E-state index < -0.39 is 5.97 Å². The highest BCUT2D eigenvalue weighted by Crippen LogP contribution is 2.23. The Balaban J connectivity index is 2.18. The number of anilines is 1. The third kappa shape index (κ3) is 3.00. The first-order valence-corrected chi connectivity index (χ1v) is 6.51. The third-order valence-electron chi connectivity index (χ3n) is 2.68. The molecule has 0 aliphatic rings. The highest BCUT2D eigenvalue weighted by molar-refractivity contribution is 7.18. The molecule has 0 aliphatic carbocycles. The first-order valence-electron chi connectivity index (χ1n) is 5.69. The van der Waals surface area contributed by atoms with E-state index in [1.807, 2.05) is 26.0 Å². The number of aryl methyl sites for hydroxylation is 2. The van der Waals surface area contributed by atoms with Gasteiger partial charge in [0.15, 0.2) is 0 Å². The molecule has 1 aromatic carbocycles. The highest BCUT2D eigenvalue weighted by Gasteiger charge is 2.12. The number of rotatable bonds is 3. The predicted octanol–water partition coefficient (Wildman–Crippen LogP) is 3.32. The molecular weight excluding hydrogens is 262 g/mol. The number of benzene rings is 1. The molecule has 1 amide bonds. The molecule has 2 N–H and O–H groups in total. The van der Waals surface area contributed by atoms with E-state index in [1.165, 1.54) is 6.07 Å². The molecule has 0 aliphatic heterocycles. The lowest BCUT2D eigenvalue weighted by Crippen LogP contribution is -2.12. The van der Waals surface area contributed by atoms with Crippen LogP contribution in [0, 0.1) is 13.8 Å². The smallest absolute Gasteiger partial charge is 0.345 e. The number of amides is 1. The van der Waals surface area contributed by atoms with Gasteiger partial charge in [0.25, 0.3) is 5.91 Å². The van der Waals surface area contributed by atoms with Gasteiger partial charge in [-0.25, -0.2) is 4.79 Å². The summed E-state index contributed by atoms with van der Waals surface area (Å²) in [7, 11) is 0. The molecule has 1 heterocycles. The Morgan fingerprint density at radius 3 is 2.47 bits per heavy atom. The van der Waals surface area contributed by atoms with Crippen molar-refractivity contribution in [2.45, 2.75) is 13.8 Å². The van der Waals surface area contributed by atoms with Crippen molar-refractivity contribution in [2.24, 2.45) is 0 Å². The molecule has 98 valence electrons. The van der Waals surface area contributed by atoms with E-state index in [-0.39, 0.29) is 10.8 Å². The van der Waals surface area contributed by atoms with Crippen LogP contribution in [0.2, 0.25) is 0 Å². The van der Waals surface area contributed by atoms with Crippen LogP contribution in [0.3, 0.4) is 0 Å². The van der Waals surface area contributed by atoms with E-state index in [9.17, 15) is 9.59 Å². The number of thiophene rings is 1. The van der Waals surface area contributed by atoms with Crippen molar-refractivity contribution in [1.82, 2.24) is 0 Å². The number of carboxylic acids is 1. The van der Waals surface area contributed by atoms with Gasteiger partial charge in [0.05, 0.1) is 5.00 Å². The lowest BCUT2D eigenvalue weighted by Gasteiger charge is -2.06. The normalized spacial score (nSPS) is 10.2. The number of hydrogen-bond acceptors (Lipinski definition) is 3. The maximum Gasteiger partial charge on any atom is 0.345 e. The molecule has 0 fully saturated rings. The average Bonchev–Trinajstić information content (AvgIpc) is 2.77. The second kappa shape index (κ2) is 5.24. The summed E-state index contributed by atoms with van der Waals surface area (Å²) in [6, 6.07) is 8.65. The minimum atomic E-state index is -0.989. The third-order valence-corrected chi connectivity index (χ3v) is 3.67. The molecule has 5 heteroatoms. The quantitative estimate of drug-likeness (QED) is 0.903. The zero-order valence-corrected chi connectivity index (χ0v) is 11.4. The minimum absolute atomic E-state index is 0.205. The van der Waals surface area contributed by atoms with Crippen molar-refractivity contribution in [3.8, 4) is 0 Å². The molecule has 0 radical (unpaired) electrons. The lowest BCUT2D eigenvalue weighted by molar-refractivity contribution is 0.0702. The Labute approximate surface area is 114 Å². The highest BCUT2D eigenvalue weighted by atomic mass is 32.1. The Hall–Kier alpha value is -2.14. The second-order valence-electron chi connectivity index (χ2n) is 4.24. The fourth-order valence-electron chi connectivity index (χ4n) is 1.77. The van der Waals surface area contributed by atoms with Gasteiger partial charge in [-0.05, 0) is 37.6 Å². The molecule has 0 atom stereocenters. The van der Waals surface area contributed by atoms with Crippen molar-refractivity contribution < 1.29 is 14.7 Å². The van der Waals surface area contributed by atoms with Crippen LogP contribution in [0.5, 0.6) is 0 Å². The van der Waals surface area contributed by atoms with Crippen LogP contribution >= 0.6 is 11.3 Å². The molecule has 1 aromatic heterocycles. The van der Waals surface area contributed by atoms with Crippen molar-refractivity contribution in [3.05, 3.63) is 51.9 Å². The maximum atomic E-state index is 12.1. The van der Waals surface area contributed by atoms with Gasteiger partial charge in [-0.2, -0.15) is 0 Å². The molecule has 19 heavy (non-hydrogen) atoms. The molecule has 0 spiro atoms. The molecule has 2 rings (SSSR count). The first-order chi connectivity index (χ1) is 8.97. The molecule has 4 nitrogen and oxygen atoms in total. The van der Waals surface area contributed by atoms with Crippen molar-refractivity contribution in [2.75, 3.05) is 5.32 Å². The van der Waals surface area contributed by atoms with Crippen LogP contribution in [0.25, 0.3) is 0 Å². The summed E-state index contributed by atoms with van der Waals surface area (Å²) in [6.45, 7) is 3.84. The van der Waals surface area contributed by atoms with Crippen molar-refractivity contribution in [3.63, 3.8) is 0 Å². The Morgan fingerprint density at radius 2 is 1.89 bits per heavy atom. The summed E-state index contributed by atoms with van der Waals surface area (Å²) in [6.07, 6.45) is 0. The summed E-state index contributed by atoms with van der Waals surface area (Å²) >= 11 is 1.04. The van der Waals surface area contributed by atoms with Crippen LogP contribution in [-0.2, 0) is 0 Å². The van der Waals surface area contributed by atoms with E-state index in [0.717, 1.165) is 22.5 Å². The number of hydrogen-bond donors (Lipinski definition) is 2. The Kier molecular flexibility index (Phi) is 3.66. The standard InChI is InChI=1S/C14H13NO3S/c1-8-3-4-10(9(2)7-8)13(16)15-12-6-5-11(19-12)14(17)18/h3-7H,1-2H3,(H,15,16)(H,17,18). The molecule has 0 unspecified atom stereocenters. The van der Waals surface area contributed by atoms with E-state index in [1.54, 1.807) is 12.1 Å². The predicted molar refractivity (Wildman–Crippen MR) is 75.1 cm³/mol. The first kappa shape index (κ1) is 13.3. The Morgan fingerprint density at radius 1 is 1.16 bits per heavy atom. The fourth-order valence-corrected chi connectivity index (χ4v) is 2.51. The average molecular weight is 275 g/mol. The van der Waals surface area contributed by atoms with Gasteiger partial charge in [-0.3, -0.25) is 4.79 Å². The van der Waals surface area contributed by atoms with Gasteiger partial charge in [0.2, 0.25) is 0 Å². The number of carbonyl (C=O) groups excluding carboxylic acids is 1. The van der Waals surface area contributed by atoms with Crippen LogP contribution in [0.4, 0.5) is 5.00 Å². The Bertz CT molecular complexity index is 646. The van der Waals surface area contributed by atoms with Gasteiger partial charge in [0, 0.05) is 5.56 Å². The van der Waals surface area contributed by atoms with E-state index in [2.05, 4.69) is 5.32 Å². The zero-order chi connectivity index (χ0) is 14.0. The fraction of sp³-hybridized carbons (Fsp3) is 0.143. The van der Waals surface area contributed by atoms with Gasteiger partial charge in [-0.1, -0.05) is 17.7 Å². The maximum absolute atomic E-state index is 12.1. The molecule has 0 saturated heterocycles. The number of carbonyl (C=O) groups is 2. The van der Waals surface area contributed by atoms with Gasteiger partial charge in [-0.15, -0.1) is 11.3 Å². The van der Waals surface area contributed by atoms with E-state index in [4.69, 9.17) is 5.11 Å². The van der Waals surface area contributed by atoms with Crippen LogP contribution in [0.15, 0.2) is 30.3 Å². The minimum Gasteiger partial charge on any atom is -0.477 e. The van der Waals surface area contributed by atoms with Crippen LogP contribution in [0.1, 0.15) is 31.2 Å². The number of aromatic carboxylic acids is 1. The summed E-state index contributed by atoms with van der Waals surface area (Å²) in [5, 5.41) is 12.1. The van der Waals surface area contributed by atoms with Crippen molar-refractivity contribution >= 4 is 28.2 Å².